The van der Waals surface area contributed by atoms with Gasteiger partial charge in [0.2, 0.25) is 0 Å². The van der Waals surface area contributed by atoms with E-state index in [1.807, 2.05) is 0 Å². The van der Waals surface area contributed by atoms with Gasteiger partial charge in [0.1, 0.15) is 0 Å². The highest BCUT2D eigenvalue weighted by Gasteiger charge is 2.25. The van der Waals surface area contributed by atoms with Gasteiger partial charge in [-0.25, -0.2) is 0 Å². The van der Waals surface area contributed by atoms with E-state index in [1.165, 1.54) is 51.4 Å². The van der Waals surface area contributed by atoms with Crippen LogP contribution in [-0.2, 0) is 0 Å². The Bertz CT molecular complexity index is 261. The number of thiocarbonyl (C=S) groups is 1. The maximum absolute atomic E-state index is 5.55. The van der Waals surface area contributed by atoms with Crippen LogP contribution in [0.5, 0.6) is 0 Å². The molecule has 98 valence electrons. The van der Waals surface area contributed by atoms with Gasteiger partial charge >= 0.3 is 0 Å². The predicted octanol–water partition coefficient (Wildman–Crippen LogP) is 3.31. The lowest BCUT2D eigenvalue weighted by Crippen LogP contribution is -2.47. The Balaban J connectivity index is 1.80. The Morgan fingerprint density at radius 1 is 1.12 bits per heavy atom. The van der Waals surface area contributed by atoms with Gasteiger partial charge in [0.25, 0.3) is 0 Å². The number of hydrogen-bond donors (Lipinski definition) is 1. The fourth-order valence-corrected chi connectivity index (χ4v) is 3.58. The monoisotopic (exact) mass is 254 g/mol. The molecule has 3 heteroatoms. The minimum atomic E-state index is 0.644. The SMILES string of the molecule is CC1CCCC(N(C)C(=S)NC2CCCC2)C1. The number of hydrogen-bond acceptors (Lipinski definition) is 1. The number of nitrogens with zero attached hydrogens (tertiary/aromatic N) is 1. The zero-order valence-corrected chi connectivity index (χ0v) is 12.1. The summed E-state index contributed by atoms with van der Waals surface area (Å²) >= 11 is 5.55. The second kappa shape index (κ2) is 6.03. The van der Waals surface area contributed by atoms with Gasteiger partial charge in [-0.2, -0.15) is 0 Å². The zero-order chi connectivity index (χ0) is 12.3. The molecule has 0 aromatic heterocycles. The van der Waals surface area contributed by atoms with Crippen LogP contribution in [-0.4, -0.2) is 29.1 Å². The van der Waals surface area contributed by atoms with E-state index in [0.717, 1.165) is 11.0 Å². The molecule has 0 bridgehead atoms. The molecule has 0 spiro atoms. The Morgan fingerprint density at radius 2 is 1.82 bits per heavy atom. The minimum Gasteiger partial charge on any atom is -0.360 e. The van der Waals surface area contributed by atoms with Crippen molar-refractivity contribution in [3.8, 4) is 0 Å². The summed E-state index contributed by atoms with van der Waals surface area (Å²) in [4.78, 5) is 2.32. The maximum Gasteiger partial charge on any atom is 0.169 e. The molecule has 0 heterocycles. The van der Waals surface area contributed by atoms with Gasteiger partial charge in [-0.05, 0) is 43.8 Å². The van der Waals surface area contributed by atoms with Crippen LogP contribution in [0.2, 0.25) is 0 Å². The average Bonchev–Trinajstić information content (AvgIpc) is 2.80. The normalized spacial score (nSPS) is 30.2. The third-order valence-corrected chi connectivity index (χ3v) is 4.87. The Morgan fingerprint density at radius 3 is 2.47 bits per heavy atom. The molecule has 0 aromatic carbocycles. The largest absolute Gasteiger partial charge is 0.360 e. The summed E-state index contributed by atoms with van der Waals surface area (Å²) in [6.07, 6.45) is 10.7. The summed E-state index contributed by atoms with van der Waals surface area (Å²) in [5.41, 5.74) is 0. The van der Waals surface area contributed by atoms with E-state index in [1.54, 1.807) is 0 Å². The molecule has 2 rings (SSSR count). The first kappa shape index (κ1) is 13.1. The van der Waals surface area contributed by atoms with Crippen LogP contribution in [0.4, 0.5) is 0 Å². The van der Waals surface area contributed by atoms with Gasteiger partial charge in [-0.3, -0.25) is 0 Å². The zero-order valence-electron chi connectivity index (χ0n) is 11.2. The van der Waals surface area contributed by atoms with E-state index in [4.69, 9.17) is 12.2 Å². The molecule has 2 fully saturated rings. The highest BCUT2D eigenvalue weighted by Crippen LogP contribution is 2.27. The average molecular weight is 254 g/mol. The van der Waals surface area contributed by atoms with E-state index in [2.05, 4.69) is 24.2 Å². The Hall–Kier alpha value is -0.310. The lowest BCUT2D eigenvalue weighted by molar-refractivity contribution is 0.229. The third-order valence-electron chi connectivity index (χ3n) is 4.46. The van der Waals surface area contributed by atoms with Crippen molar-refractivity contribution in [2.45, 2.75) is 70.4 Å². The summed E-state index contributed by atoms with van der Waals surface area (Å²) in [5, 5.41) is 4.53. The van der Waals surface area contributed by atoms with Crippen LogP contribution < -0.4 is 5.32 Å². The molecule has 2 aliphatic carbocycles. The van der Waals surface area contributed by atoms with Gasteiger partial charge in [0, 0.05) is 19.1 Å². The number of nitrogens with one attached hydrogen (secondary N) is 1. The lowest BCUT2D eigenvalue weighted by atomic mass is 9.86. The molecule has 2 atom stereocenters. The quantitative estimate of drug-likeness (QED) is 0.761. The van der Waals surface area contributed by atoms with E-state index < -0.39 is 0 Å². The van der Waals surface area contributed by atoms with Crippen molar-refractivity contribution in [2.24, 2.45) is 5.92 Å². The molecule has 0 saturated heterocycles. The maximum atomic E-state index is 5.55. The van der Waals surface area contributed by atoms with Gasteiger partial charge in [0.15, 0.2) is 5.11 Å². The summed E-state index contributed by atoms with van der Waals surface area (Å²) in [6, 6.07) is 1.31. The van der Waals surface area contributed by atoms with Crippen molar-refractivity contribution in [2.75, 3.05) is 7.05 Å². The molecule has 0 amide bonds. The van der Waals surface area contributed by atoms with Crippen molar-refractivity contribution >= 4 is 17.3 Å². The second-order valence-electron chi connectivity index (χ2n) is 5.97. The summed E-state index contributed by atoms with van der Waals surface area (Å²) in [7, 11) is 2.17. The molecule has 2 nitrogen and oxygen atoms in total. The van der Waals surface area contributed by atoms with E-state index in [-0.39, 0.29) is 0 Å². The smallest absolute Gasteiger partial charge is 0.169 e. The fraction of sp³-hybridized carbons (Fsp3) is 0.929. The highest BCUT2D eigenvalue weighted by atomic mass is 32.1. The third kappa shape index (κ3) is 3.57. The first-order valence-corrected chi connectivity index (χ1v) is 7.61. The van der Waals surface area contributed by atoms with Crippen molar-refractivity contribution < 1.29 is 0 Å². The molecule has 0 aliphatic heterocycles. The molecule has 2 unspecified atom stereocenters. The van der Waals surface area contributed by atoms with Crippen molar-refractivity contribution in [3.05, 3.63) is 0 Å². The second-order valence-corrected chi connectivity index (χ2v) is 6.35. The van der Waals surface area contributed by atoms with E-state index in [0.29, 0.717) is 12.1 Å². The highest BCUT2D eigenvalue weighted by molar-refractivity contribution is 7.80. The molecule has 0 radical (unpaired) electrons. The van der Waals surface area contributed by atoms with E-state index in [9.17, 15) is 0 Å². The number of rotatable bonds is 2. The van der Waals surface area contributed by atoms with Gasteiger partial charge < -0.3 is 10.2 Å². The molecular weight excluding hydrogens is 228 g/mol. The van der Waals surface area contributed by atoms with Crippen LogP contribution in [0.25, 0.3) is 0 Å². The summed E-state index contributed by atoms with van der Waals surface area (Å²) < 4.78 is 0. The van der Waals surface area contributed by atoms with Crippen LogP contribution in [0.15, 0.2) is 0 Å². The Labute approximate surface area is 111 Å². The van der Waals surface area contributed by atoms with Crippen LogP contribution >= 0.6 is 12.2 Å². The first-order valence-electron chi connectivity index (χ1n) is 7.20. The van der Waals surface area contributed by atoms with Crippen LogP contribution in [0, 0.1) is 5.92 Å². The minimum absolute atomic E-state index is 0.644. The molecule has 2 saturated carbocycles. The van der Waals surface area contributed by atoms with Crippen LogP contribution in [0.3, 0.4) is 0 Å². The molecule has 17 heavy (non-hydrogen) atoms. The molecule has 1 N–H and O–H groups in total. The van der Waals surface area contributed by atoms with Gasteiger partial charge in [0.05, 0.1) is 0 Å². The van der Waals surface area contributed by atoms with E-state index >= 15 is 0 Å². The van der Waals surface area contributed by atoms with Crippen molar-refractivity contribution in [1.82, 2.24) is 10.2 Å². The molecular formula is C14H26N2S. The fourth-order valence-electron chi connectivity index (χ4n) is 3.27. The topological polar surface area (TPSA) is 15.3 Å². The van der Waals surface area contributed by atoms with Crippen LogP contribution in [0.1, 0.15) is 58.3 Å². The van der Waals surface area contributed by atoms with Gasteiger partial charge in [-0.15, -0.1) is 0 Å². The molecule has 2 aliphatic rings. The summed E-state index contributed by atoms with van der Waals surface area (Å²) in [5.74, 6) is 0.866. The van der Waals surface area contributed by atoms with Crippen molar-refractivity contribution in [1.29, 1.82) is 0 Å². The van der Waals surface area contributed by atoms with Crippen molar-refractivity contribution in [3.63, 3.8) is 0 Å². The first-order chi connectivity index (χ1) is 8.16. The summed E-state index contributed by atoms with van der Waals surface area (Å²) in [6.45, 7) is 2.37. The molecule has 0 aromatic rings. The lowest BCUT2D eigenvalue weighted by Gasteiger charge is -2.36. The predicted molar refractivity (Wildman–Crippen MR) is 77.2 cm³/mol. The van der Waals surface area contributed by atoms with Gasteiger partial charge in [-0.1, -0.05) is 32.6 Å². The standard InChI is InChI=1S/C14H26N2S/c1-11-6-5-9-13(10-11)16(2)14(17)15-12-7-3-4-8-12/h11-13H,3-10H2,1-2H3,(H,15,17). The Kier molecular flexibility index (Phi) is 4.66.